The van der Waals surface area contributed by atoms with Crippen molar-refractivity contribution in [2.75, 3.05) is 0 Å². The molecular weight excluding hydrogens is 272 g/mol. The van der Waals surface area contributed by atoms with Gasteiger partial charge in [0, 0.05) is 0 Å². The van der Waals surface area contributed by atoms with Crippen molar-refractivity contribution in [3.05, 3.63) is 64.8 Å². The van der Waals surface area contributed by atoms with Crippen LogP contribution >= 0.6 is 0 Å². The monoisotopic (exact) mass is 292 g/mol. The molecule has 0 atom stereocenters. The van der Waals surface area contributed by atoms with E-state index in [9.17, 15) is 5.11 Å². The maximum atomic E-state index is 10.6. The second-order valence-electron chi connectivity index (χ2n) is 5.83. The lowest BCUT2D eigenvalue weighted by atomic mass is 10.0. The van der Waals surface area contributed by atoms with Gasteiger partial charge in [-0.3, -0.25) is 0 Å². The molecular formula is C19H20N2O. The molecule has 0 saturated heterocycles. The van der Waals surface area contributed by atoms with Crippen molar-refractivity contribution in [2.24, 2.45) is 0 Å². The minimum atomic E-state index is 0.185. The zero-order valence-electron chi connectivity index (χ0n) is 13.4. The van der Waals surface area contributed by atoms with E-state index in [4.69, 9.17) is 0 Å². The molecule has 0 unspecified atom stereocenters. The predicted molar refractivity (Wildman–Crippen MR) is 89.6 cm³/mol. The molecule has 3 heteroatoms. The third-order valence-corrected chi connectivity index (χ3v) is 4.11. The predicted octanol–water partition coefficient (Wildman–Crippen LogP) is 4.48. The molecule has 22 heavy (non-hydrogen) atoms. The van der Waals surface area contributed by atoms with Crippen LogP contribution in [0.5, 0.6) is 5.88 Å². The minimum absolute atomic E-state index is 0.185. The molecule has 112 valence electrons. The molecule has 0 bridgehead atoms. The summed E-state index contributed by atoms with van der Waals surface area (Å²) in [6.45, 7) is 8.11. The van der Waals surface area contributed by atoms with Crippen molar-refractivity contribution in [2.45, 2.75) is 27.7 Å². The second-order valence-corrected chi connectivity index (χ2v) is 5.83. The van der Waals surface area contributed by atoms with Crippen LogP contribution in [0.3, 0.4) is 0 Å². The summed E-state index contributed by atoms with van der Waals surface area (Å²) in [6, 6.07) is 14.2. The number of benzene rings is 2. The molecule has 1 heterocycles. The molecule has 3 nitrogen and oxygen atoms in total. The van der Waals surface area contributed by atoms with Gasteiger partial charge < -0.3 is 5.11 Å². The van der Waals surface area contributed by atoms with Crippen LogP contribution in [0.25, 0.3) is 16.8 Å². The third kappa shape index (κ3) is 2.39. The van der Waals surface area contributed by atoms with Gasteiger partial charge in [0.15, 0.2) is 0 Å². The minimum Gasteiger partial charge on any atom is -0.493 e. The Morgan fingerprint density at radius 1 is 0.864 bits per heavy atom. The van der Waals surface area contributed by atoms with Crippen LogP contribution in [-0.2, 0) is 0 Å². The van der Waals surface area contributed by atoms with Gasteiger partial charge in [0.1, 0.15) is 0 Å². The first-order valence-electron chi connectivity index (χ1n) is 7.40. The first-order chi connectivity index (χ1) is 10.5. The lowest BCUT2D eigenvalue weighted by Gasteiger charge is -2.07. The first-order valence-corrected chi connectivity index (χ1v) is 7.40. The van der Waals surface area contributed by atoms with Crippen molar-refractivity contribution in [3.63, 3.8) is 0 Å². The van der Waals surface area contributed by atoms with Crippen LogP contribution in [0.4, 0.5) is 0 Å². The topological polar surface area (TPSA) is 38.0 Å². The maximum absolute atomic E-state index is 10.6. The number of aromatic nitrogens is 2. The molecule has 1 aromatic heterocycles. The highest BCUT2D eigenvalue weighted by atomic mass is 16.3. The van der Waals surface area contributed by atoms with Gasteiger partial charge in [-0.2, -0.15) is 5.10 Å². The highest BCUT2D eigenvalue weighted by molar-refractivity contribution is 5.72. The Morgan fingerprint density at radius 2 is 1.55 bits per heavy atom. The van der Waals surface area contributed by atoms with Crippen molar-refractivity contribution in [3.8, 4) is 22.7 Å². The molecule has 2 aromatic carbocycles. The second kappa shape index (κ2) is 5.34. The summed E-state index contributed by atoms with van der Waals surface area (Å²) in [7, 11) is 0. The number of nitrogens with zero attached hydrogens (tertiary/aromatic N) is 2. The first kappa shape index (κ1) is 14.4. The van der Waals surface area contributed by atoms with Gasteiger partial charge >= 0.3 is 0 Å². The van der Waals surface area contributed by atoms with E-state index in [1.54, 1.807) is 4.68 Å². The zero-order chi connectivity index (χ0) is 15.9. The summed E-state index contributed by atoms with van der Waals surface area (Å²) < 4.78 is 1.61. The van der Waals surface area contributed by atoms with Gasteiger partial charge in [-0.05, 0) is 56.5 Å². The SMILES string of the molecule is Cc1ccc(-c2c(C)nn(-c3ccc(C)c(C)c3)c2O)cc1. The van der Waals surface area contributed by atoms with E-state index >= 15 is 0 Å². The van der Waals surface area contributed by atoms with E-state index in [0.29, 0.717) is 0 Å². The van der Waals surface area contributed by atoms with Crippen LogP contribution in [0, 0.1) is 27.7 Å². The fraction of sp³-hybridized carbons (Fsp3) is 0.211. The molecule has 0 saturated carbocycles. The summed E-state index contributed by atoms with van der Waals surface area (Å²) >= 11 is 0. The molecule has 0 aliphatic carbocycles. The normalized spacial score (nSPS) is 10.9. The lowest BCUT2D eigenvalue weighted by Crippen LogP contribution is -1.97. The van der Waals surface area contributed by atoms with Gasteiger partial charge in [0.25, 0.3) is 0 Å². The van der Waals surface area contributed by atoms with Crippen LogP contribution in [-0.4, -0.2) is 14.9 Å². The van der Waals surface area contributed by atoms with Crippen molar-refractivity contribution < 1.29 is 5.11 Å². The van der Waals surface area contributed by atoms with E-state index < -0.39 is 0 Å². The quantitative estimate of drug-likeness (QED) is 0.756. The van der Waals surface area contributed by atoms with E-state index in [0.717, 1.165) is 22.5 Å². The van der Waals surface area contributed by atoms with Gasteiger partial charge in [-0.15, -0.1) is 0 Å². The Labute approximate surface area is 130 Å². The highest BCUT2D eigenvalue weighted by Crippen LogP contribution is 2.34. The third-order valence-electron chi connectivity index (χ3n) is 4.11. The number of hydrogen-bond donors (Lipinski definition) is 1. The molecule has 0 aliphatic heterocycles. The summed E-state index contributed by atoms with van der Waals surface area (Å²) in [5.74, 6) is 0.185. The Morgan fingerprint density at radius 3 is 2.18 bits per heavy atom. The molecule has 1 N–H and O–H groups in total. The number of hydrogen-bond acceptors (Lipinski definition) is 2. The van der Waals surface area contributed by atoms with Gasteiger partial charge in [-0.1, -0.05) is 35.9 Å². The van der Waals surface area contributed by atoms with Gasteiger partial charge in [0.2, 0.25) is 5.88 Å². The summed E-state index contributed by atoms with van der Waals surface area (Å²) in [5.41, 5.74) is 7.07. The van der Waals surface area contributed by atoms with E-state index in [1.165, 1.54) is 16.7 Å². The molecule has 0 fully saturated rings. The molecule has 3 rings (SSSR count). The summed E-state index contributed by atoms with van der Waals surface area (Å²) in [4.78, 5) is 0. The molecule has 3 aromatic rings. The standard InChI is InChI=1S/C19H20N2O/c1-12-5-8-16(9-6-12)18-15(4)20-21(19(18)22)17-10-7-13(2)14(3)11-17/h5-11,22H,1-4H3. The largest absolute Gasteiger partial charge is 0.493 e. The van der Waals surface area contributed by atoms with Crippen molar-refractivity contribution >= 4 is 0 Å². The fourth-order valence-electron chi connectivity index (χ4n) is 2.61. The highest BCUT2D eigenvalue weighted by Gasteiger charge is 2.17. The summed E-state index contributed by atoms with van der Waals surface area (Å²) in [6.07, 6.45) is 0. The van der Waals surface area contributed by atoms with Crippen molar-refractivity contribution in [1.29, 1.82) is 0 Å². The Kier molecular flexibility index (Phi) is 3.49. The van der Waals surface area contributed by atoms with Crippen molar-refractivity contribution in [1.82, 2.24) is 9.78 Å². The maximum Gasteiger partial charge on any atom is 0.222 e. The number of aryl methyl sites for hydroxylation is 4. The molecule has 0 amide bonds. The van der Waals surface area contributed by atoms with Gasteiger partial charge in [0.05, 0.1) is 16.9 Å². The van der Waals surface area contributed by atoms with Crippen LogP contribution in [0.2, 0.25) is 0 Å². The fourth-order valence-corrected chi connectivity index (χ4v) is 2.61. The molecule has 0 aliphatic rings. The smallest absolute Gasteiger partial charge is 0.222 e. The Bertz CT molecular complexity index is 829. The zero-order valence-corrected chi connectivity index (χ0v) is 13.4. The number of rotatable bonds is 2. The Balaban J connectivity index is 2.14. The average Bonchev–Trinajstić information content (AvgIpc) is 2.78. The van der Waals surface area contributed by atoms with Crippen LogP contribution < -0.4 is 0 Å². The average molecular weight is 292 g/mol. The van der Waals surface area contributed by atoms with E-state index in [-0.39, 0.29) is 5.88 Å². The summed E-state index contributed by atoms with van der Waals surface area (Å²) in [5, 5.41) is 15.2. The number of aromatic hydroxyl groups is 1. The molecule has 0 spiro atoms. The Hall–Kier alpha value is -2.55. The lowest BCUT2D eigenvalue weighted by molar-refractivity contribution is 0.435. The van der Waals surface area contributed by atoms with Gasteiger partial charge in [-0.25, -0.2) is 4.68 Å². The van der Waals surface area contributed by atoms with E-state index in [2.05, 4.69) is 25.9 Å². The van der Waals surface area contributed by atoms with E-state index in [1.807, 2.05) is 49.4 Å². The molecule has 0 radical (unpaired) electrons. The van der Waals surface area contributed by atoms with Crippen LogP contribution in [0.1, 0.15) is 22.4 Å². The van der Waals surface area contributed by atoms with Crippen LogP contribution in [0.15, 0.2) is 42.5 Å².